The lowest BCUT2D eigenvalue weighted by atomic mass is 9.95. The van der Waals surface area contributed by atoms with E-state index in [9.17, 15) is 18.0 Å². The van der Waals surface area contributed by atoms with Crippen LogP contribution < -0.4 is 5.32 Å². The van der Waals surface area contributed by atoms with Crippen LogP contribution >= 0.6 is 11.3 Å². The first kappa shape index (κ1) is 17.0. The smallest absolute Gasteiger partial charge is 0.347 e. The number of carbonyl (C=O) groups excluding carboxylic acids is 1. The molecule has 130 valence electrons. The minimum Gasteiger partial charge on any atom is -0.347 e. The average molecular weight is 357 g/mol. The van der Waals surface area contributed by atoms with Crippen LogP contribution in [0.1, 0.15) is 47.6 Å². The van der Waals surface area contributed by atoms with Crippen molar-refractivity contribution in [3.05, 3.63) is 39.3 Å². The number of thiophene rings is 1. The number of alkyl halides is 3. The van der Waals surface area contributed by atoms with Gasteiger partial charge in [-0.05, 0) is 44.1 Å². The fourth-order valence-corrected chi connectivity index (χ4v) is 3.80. The van der Waals surface area contributed by atoms with Gasteiger partial charge >= 0.3 is 6.18 Å². The van der Waals surface area contributed by atoms with Crippen molar-refractivity contribution in [3.63, 3.8) is 0 Å². The number of halogens is 3. The van der Waals surface area contributed by atoms with Crippen LogP contribution in [0.4, 0.5) is 13.2 Å². The molecule has 8 heteroatoms. The third-order valence-electron chi connectivity index (χ3n) is 4.17. The van der Waals surface area contributed by atoms with Crippen molar-refractivity contribution < 1.29 is 18.0 Å². The lowest BCUT2D eigenvalue weighted by molar-refractivity contribution is -0.142. The lowest BCUT2D eigenvalue weighted by Gasteiger charge is -2.16. The summed E-state index contributed by atoms with van der Waals surface area (Å²) in [6.45, 7) is 1.66. The predicted molar refractivity (Wildman–Crippen MR) is 84.7 cm³/mol. The number of fused-ring (bicyclic) bond motifs is 1. The first-order chi connectivity index (χ1) is 11.4. The molecule has 2 heterocycles. The number of carbonyl (C=O) groups is 1. The summed E-state index contributed by atoms with van der Waals surface area (Å²) in [4.78, 5) is 13.2. The van der Waals surface area contributed by atoms with Crippen LogP contribution in [0.5, 0.6) is 0 Å². The Balaban J connectivity index is 1.77. The van der Waals surface area contributed by atoms with Gasteiger partial charge in [0, 0.05) is 16.1 Å². The number of aromatic nitrogens is 2. The SMILES string of the molecule is CC(NC(=O)Cn1nc(C(F)(F)F)c2c1CCCC2)c1cccs1. The summed E-state index contributed by atoms with van der Waals surface area (Å²) in [5.74, 6) is -0.333. The molecule has 0 saturated carbocycles. The molecule has 1 N–H and O–H groups in total. The van der Waals surface area contributed by atoms with Crippen molar-refractivity contribution in [2.45, 2.75) is 51.4 Å². The average Bonchev–Trinajstić information content (AvgIpc) is 3.15. The number of nitrogens with zero attached hydrogens (tertiary/aromatic N) is 2. The summed E-state index contributed by atoms with van der Waals surface area (Å²) >= 11 is 1.52. The van der Waals surface area contributed by atoms with Crippen LogP contribution in [0.3, 0.4) is 0 Å². The molecule has 1 aliphatic carbocycles. The van der Waals surface area contributed by atoms with E-state index in [0.29, 0.717) is 18.5 Å². The van der Waals surface area contributed by atoms with Gasteiger partial charge < -0.3 is 5.32 Å². The van der Waals surface area contributed by atoms with E-state index in [4.69, 9.17) is 0 Å². The van der Waals surface area contributed by atoms with Crippen molar-refractivity contribution in [1.29, 1.82) is 0 Å². The van der Waals surface area contributed by atoms with Crippen molar-refractivity contribution in [2.75, 3.05) is 0 Å². The third-order valence-corrected chi connectivity index (χ3v) is 5.22. The second kappa shape index (κ2) is 6.58. The molecule has 2 aromatic heterocycles. The van der Waals surface area contributed by atoms with Gasteiger partial charge in [-0.25, -0.2) is 0 Å². The fourth-order valence-electron chi connectivity index (χ4n) is 3.06. The van der Waals surface area contributed by atoms with E-state index >= 15 is 0 Å². The molecule has 1 aliphatic rings. The maximum atomic E-state index is 13.1. The molecule has 1 atom stereocenters. The van der Waals surface area contributed by atoms with Gasteiger partial charge in [-0.2, -0.15) is 18.3 Å². The molecule has 24 heavy (non-hydrogen) atoms. The molecule has 1 unspecified atom stereocenters. The van der Waals surface area contributed by atoms with Gasteiger partial charge in [0.2, 0.25) is 5.91 Å². The molecule has 4 nitrogen and oxygen atoms in total. The summed E-state index contributed by atoms with van der Waals surface area (Å²) < 4.78 is 40.7. The fraction of sp³-hybridized carbons (Fsp3) is 0.500. The van der Waals surface area contributed by atoms with E-state index in [1.165, 1.54) is 16.0 Å². The molecule has 1 amide bonds. The molecule has 0 aliphatic heterocycles. The van der Waals surface area contributed by atoms with Gasteiger partial charge in [-0.3, -0.25) is 9.48 Å². The molecule has 3 rings (SSSR count). The molecular weight excluding hydrogens is 339 g/mol. The van der Waals surface area contributed by atoms with Gasteiger partial charge in [0.05, 0.1) is 6.04 Å². The molecule has 0 aromatic carbocycles. The molecule has 0 saturated heterocycles. The predicted octanol–water partition coefficient (Wildman–Crippen LogP) is 3.72. The molecular formula is C16H18F3N3OS. The van der Waals surface area contributed by atoms with E-state index in [1.54, 1.807) is 0 Å². The van der Waals surface area contributed by atoms with Crippen LogP contribution in [0.2, 0.25) is 0 Å². The Morgan fingerprint density at radius 1 is 1.42 bits per heavy atom. The van der Waals surface area contributed by atoms with Crippen LogP contribution in [0.15, 0.2) is 17.5 Å². The lowest BCUT2D eigenvalue weighted by Crippen LogP contribution is -2.30. The number of amides is 1. The van der Waals surface area contributed by atoms with Gasteiger partial charge in [0.1, 0.15) is 6.54 Å². The standard InChI is InChI=1S/C16H18F3N3OS/c1-10(13-7-4-8-24-13)20-14(23)9-22-12-6-3-2-5-11(12)15(21-22)16(17,18)19/h4,7-8,10H,2-3,5-6,9H2,1H3,(H,20,23). The highest BCUT2D eigenvalue weighted by Gasteiger charge is 2.39. The number of nitrogens with one attached hydrogen (secondary N) is 1. The zero-order valence-corrected chi connectivity index (χ0v) is 14.0. The molecule has 0 spiro atoms. The maximum absolute atomic E-state index is 13.1. The van der Waals surface area contributed by atoms with E-state index in [1.807, 2.05) is 24.4 Å². The Morgan fingerprint density at radius 3 is 2.83 bits per heavy atom. The summed E-state index contributed by atoms with van der Waals surface area (Å²) in [5, 5.41) is 8.44. The van der Waals surface area contributed by atoms with Gasteiger partial charge in [-0.15, -0.1) is 11.3 Å². The minimum absolute atomic E-state index is 0.175. The monoisotopic (exact) mass is 357 g/mol. The number of hydrogen-bond acceptors (Lipinski definition) is 3. The van der Waals surface area contributed by atoms with Crippen LogP contribution in [0, 0.1) is 0 Å². The van der Waals surface area contributed by atoms with E-state index in [-0.39, 0.29) is 24.1 Å². The van der Waals surface area contributed by atoms with Crippen molar-refractivity contribution >= 4 is 17.2 Å². The van der Waals surface area contributed by atoms with Gasteiger partial charge in [0.25, 0.3) is 0 Å². The zero-order valence-electron chi connectivity index (χ0n) is 13.2. The highest BCUT2D eigenvalue weighted by Crippen LogP contribution is 2.35. The maximum Gasteiger partial charge on any atom is 0.435 e. The quantitative estimate of drug-likeness (QED) is 0.907. The second-order valence-electron chi connectivity index (χ2n) is 5.94. The van der Waals surface area contributed by atoms with Crippen LogP contribution in [0.25, 0.3) is 0 Å². The highest BCUT2D eigenvalue weighted by atomic mass is 32.1. The first-order valence-electron chi connectivity index (χ1n) is 7.85. The van der Waals surface area contributed by atoms with Crippen molar-refractivity contribution in [2.24, 2.45) is 0 Å². The topological polar surface area (TPSA) is 46.9 Å². The Morgan fingerprint density at radius 2 is 2.17 bits per heavy atom. The molecule has 0 radical (unpaired) electrons. The summed E-state index contributed by atoms with van der Waals surface area (Å²) in [6, 6.07) is 3.63. The van der Waals surface area contributed by atoms with E-state index in [2.05, 4.69) is 10.4 Å². The largest absolute Gasteiger partial charge is 0.435 e. The van der Waals surface area contributed by atoms with Crippen molar-refractivity contribution in [3.8, 4) is 0 Å². The summed E-state index contributed by atoms with van der Waals surface area (Å²) in [7, 11) is 0. The number of hydrogen-bond donors (Lipinski definition) is 1. The zero-order chi connectivity index (χ0) is 17.3. The van der Waals surface area contributed by atoms with Crippen LogP contribution in [-0.4, -0.2) is 15.7 Å². The van der Waals surface area contributed by atoms with Crippen molar-refractivity contribution in [1.82, 2.24) is 15.1 Å². The molecule has 2 aromatic rings. The van der Waals surface area contributed by atoms with Crippen LogP contribution in [-0.2, 0) is 30.4 Å². The number of rotatable bonds is 4. The normalized spacial score (nSPS) is 15.8. The van der Waals surface area contributed by atoms with E-state index < -0.39 is 11.9 Å². The molecule has 0 fully saturated rings. The minimum atomic E-state index is -4.48. The third kappa shape index (κ3) is 3.48. The molecule has 0 bridgehead atoms. The Kier molecular flexibility index (Phi) is 4.67. The summed E-state index contributed by atoms with van der Waals surface area (Å²) in [6.07, 6.45) is -2.02. The summed E-state index contributed by atoms with van der Waals surface area (Å²) in [5.41, 5.74) is -0.0309. The Hall–Kier alpha value is -1.83. The first-order valence-corrected chi connectivity index (χ1v) is 8.72. The highest BCUT2D eigenvalue weighted by molar-refractivity contribution is 7.10. The second-order valence-corrected chi connectivity index (χ2v) is 6.92. The van der Waals surface area contributed by atoms with Gasteiger partial charge in [-0.1, -0.05) is 6.07 Å². The van der Waals surface area contributed by atoms with Gasteiger partial charge in [0.15, 0.2) is 5.69 Å². The Labute approximate surface area is 141 Å². The van der Waals surface area contributed by atoms with E-state index in [0.717, 1.165) is 17.7 Å². The Bertz CT molecular complexity index is 722.